The zero-order valence-electron chi connectivity index (χ0n) is 9.20. The number of alkyl halides is 1. The lowest BCUT2D eigenvalue weighted by Crippen LogP contribution is -2.13. The van der Waals surface area contributed by atoms with E-state index in [9.17, 15) is 9.59 Å². The molecule has 0 saturated heterocycles. The standard InChI is InChI=1S/C12H10ClNO3/c1-17-12(16)11-8(7-14)3-2-4-9(11)10(15)5-6-13/h2-4H,5-6H2,1H3. The highest BCUT2D eigenvalue weighted by Gasteiger charge is 2.20. The molecule has 0 aliphatic heterocycles. The summed E-state index contributed by atoms with van der Waals surface area (Å²) in [6, 6.07) is 6.36. The maximum atomic E-state index is 11.8. The molecule has 88 valence electrons. The fourth-order valence-corrected chi connectivity index (χ4v) is 1.59. The number of hydrogen-bond donors (Lipinski definition) is 0. The number of ether oxygens (including phenoxy) is 1. The largest absolute Gasteiger partial charge is 0.465 e. The average Bonchev–Trinajstić information content (AvgIpc) is 2.37. The molecule has 0 spiro atoms. The Morgan fingerprint density at radius 2 is 2.18 bits per heavy atom. The van der Waals surface area contributed by atoms with Gasteiger partial charge in [-0.2, -0.15) is 5.26 Å². The van der Waals surface area contributed by atoms with E-state index in [4.69, 9.17) is 16.9 Å². The molecule has 0 fully saturated rings. The lowest BCUT2D eigenvalue weighted by molar-refractivity contribution is 0.0596. The van der Waals surface area contributed by atoms with Crippen LogP contribution in [0.3, 0.4) is 0 Å². The van der Waals surface area contributed by atoms with Crippen LogP contribution in [0.4, 0.5) is 0 Å². The Hall–Kier alpha value is -1.86. The van der Waals surface area contributed by atoms with Gasteiger partial charge in [0.05, 0.1) is 18.2 Å². The molecule has 5 heteroatoms. The quantitative estimate of drug-likeness (QED) is 0.467. The van der Waals surface area contributed by atoms with Crippen LogP contribution in [0.15, 0.2) is 18.2 Å². The van der Waals surface area contributed by atoms with Gasteiger partial charge in [-0.1, -0.05) is 12.1 Å². The van der Waals surface area contributed by atoms with Crippen LogP contribution in [0, 0.1) is 11.3 Å². The van der Waals surface area contributed by atoms with Crippen molar-refractivity contribution in [2.24, 2.45) is 0 Å². The number of carbonyl (C=O) groups is 2. The molecule has 0 aliphatic carbocycles. The molecule has 1 aromatic rings. The molecule has 0 radical (unpaired) electrons. The number of rotatable bonds is 4. The monoisotopic (exact) mass is 251 g/mol. The molecule has 0 unspecified atom stereocenters. The van der Waals surface area contributed by atoms with Gasteiger partial charge in [0.2, 0.25) is 0 Å². The van der Waals surface area contributed by atoms with Crippen LogP contribution in [-0.4, -0.2) is 24.7 Å². The lowest BCUT2D eigenvalue weighted by atomic mass is 9.97. The van der Waals surface area contributed by atoms with E-state index in [0.29, 0.717) is 0 Å². The Morgan fingerprint density at radius 3 is 2.71 bits per heavy atom. The Morgan fingerprint density at radius 1 is 1.47 bits per heavy atom. The van der Waals surface area contributed by atoms with Gasteiger partial charge < -0.3 is 4.74 Å². The number of halogens is 1. The molecule has 0 heterocycles. The summed E-state index contributed by atoms with van der Waals surface area (Å²) >= 11 is 5.48. The zero-order chi connectivity index (χ0) is 12.8. The molecule has 0 aromatic heterocycles. The van der Waals surface area contributed by atoms with Gasteiger partial charge in [-0.25, -0.2) is 4.79 Å². The SMILES string of the molecule is COC(=O)c1c(C#N)cccc1C(=O)CCCl. The van der Waals surface area contributed by atoms with Gasteiger partial charge in [-0.05, 0) is 6.07 Å². The number of ketones is 1. The zero-order valence-corrected chi connectivity index (χ0v) is 9.95. The molecule has 0 saturated carbocycles. The predicted octanol–water partition coefficient (Wildman–Crippen LogP) is 2.16. The fourth-order valence-electron chi connectivity index (χ4n) is 1.42. The first-order valence-electron chi connectivity index (χ1n) is 4.86. The van der Waals surface area contributed by atoms with Crippen molar-refractivity contribution in [3.8, 4) is 6.07 Å². The highest BCUT2D eigenvalue weighted by molar-refractivity contribution is 6.20. The van der Waals surface area contributed by atoms with E-state index >= 15 is 0 Å². The molecule has 17 heavy (non-hydrogen) atoms. The van der Waals surface area contributed by atoms with Crippen molar-refractivity contribution in [3.63, 3.8) is 0 Å². The normalized spacial score (nSPS) is 9.47. The van der Waals surface area contributed by atoms with Crippen molar-refractivity contribution >= 4 is 23.4 Å². The Labute approximate surface area is 104 Å². The van der Waals surface area contributed by atoms with Gasteiger partial charge in [0.1, 0.15) is 6.07 Å². The molecular formula is C12H10ClNO3. The molecule has 0 N–H and O–H groups in total. The maximum Gasteiger partial charge on any atom is 0.339 e. The van der Waals surface area contributed by atoms with Gasteiger partial charge in [0, 0.05) is 17.9 Å². The number of nitrogens with zero attached hydrogens (tertiary/aromatic N) is 1. The van der Waals surface area contributed by atoms with Crippen LogP contribution >= 0.6 is 11.6 Å². The number of nitriles is 1. The van der Waals surface area contributed by atoms with Crippen molar-refractivity contribution < 1.29 is 14.3 Å². The molecule has 0 bridgehead atoms. The minimum atomic E-state index is -0.694. The van der Waals surface area contributed by atoms with Crippen molar-refractivity contribution in [3.05, 3.63) is 34.9 Å². The summed E-state index contributed by atoms with van der Waals surface area (Å²) in [6.45, 7) is 0. The Kier molecular flexibility index (Phi) is 4.68. The Bertz CT molecular complexity index is 491. The van der Waals surface area contributed by atoms with E-state index in [-0.39, 0.29) is 34.8 Å². The minimum Gasteiger partial charge on any atom is -0.465 e. The lowest BCUT2D eigenvalue weighted by Gasteiger charge is -2.07. The van der Waals surface area contributed by atoms with Crippen LogP contribution in [0.25, 0.3) is 0 Å². The number of carbonyl (C=O) groups excluding carboxylic acids is 2. The second kappa shape index (κ2) is 6.02. The van der Waals surface area contributed by atoms with Crippen molar-refractivity contribution in [2.75, 3.05) is 13.0 Å². The van der Waals surface area contributed by atoms with E-state index in [1.807, 2.05) is 6.07 Å². The van der Waals surface area contributed by atoms with Crippen molar-refractivity contribution in [2.45, 2.75) is 6.42 Å². The Balaban J connectivity index is 3.35. The van der Waals surface area contributed by atoms with E-state index in [1.54, 1.807) is 6.07 Å². The first kappa shape index (κ1) is 13.2. The van der Waals surface area contributed by atoms with Gasteiger partial charge >= 0.3 is 5.97 Å². The predicted molar refractivity (Wildman–Crippen MR) is 62.2 cm³/mol. The molecule has 1 rings (SSSR count). The number of methoxy groups -OCH3 is 1. The van der Waals surface area contributed by atoms with Crippen LogP contribution in [0.5, 0.6) is 0 Å². The van der Waals surface area contributed by atoms with Gasteiger partial charge in [0.15, 0.2) is 5.78 Å². The van der Waals surface area contributed by atoms with E-state index < -0.39 is 5.97 Å². The summed E-state index contributed by atoms with van der Waals surface area (Å²) in [4.78, 5) is 23.3. The summed E-state index contributed by atoms with van der Waals surface area (Å²) in [5.74, 6) is -0.812. The van der Waals surface area contributed by atoms with Crippen LogP contribution in [-0.2, 0) is 4.74 Å². The second-order valence-electron chi connectivity index (χ2n) is 3.19. The molecule has 0 aliphatic rings. The topological polar surface area (TPSA) is 67.2 Å². The van der Waals surface area contributed by atoms with Crippen molar-refractivity contribution in [1.82, 2.24) is 0 Å². The van der Waals surface area contributed by atoms with E-state index in [0.717, 1.165) is 0 Å². The number of Topliss-reactive ketones (excluding diaryl/α,β-unsaturated/α-hetero) is 1. The summed E-state index contributed by atoms with van der Waals surface area (Å²) in [7, 11) is 1.20. The maximum absolute atomic E-state index is 11.8. The first-order chi connectivity index (χ1) is 8.15. The third-order valence-electron chi connectivity index (χ3n) is 2.20. The van der Waals surface area contributed by atoms with E-state index in [2.05, 4.69) is 4.74 Å². The van der Waals surface area contributed by atoms with Crippen LogP contribution in [0.2, 0.25) is 0 Å². The number of hydrogen-bond acceptors (Lipinski definition) is 4. The molecule has 0 amide bonds. The first-order valence-corrected chi connectivity index (χ1v) is 5.39. The number of esters is 1. The molecule has 4 nitrogen and oxygen atoms in total. The van der Waals surface area contributed by atoms with Crippen LogP contribution < -0.4 is 0 Å². The highest BCUT2D eigenvalue weighted by Crippen LogP contribution is 2.17. The highest BCUT2D eigenvalue weighted by atomic mass is 35.5. The number of benzene rings is 1. The molecular weight excluding hydrogens is 242 g/mol. The average molecular weight is 252 g/mol. The molecule has 0 atom stereocenters. The third kappa shape index (κ3) is 2.83. The summed E-state index contributed by atoms with van der Waals surface area (Å²) in [5, 5.41) is 8.90. The third-order valence-corrected chi connectivity index (χ3v) is 2.39. The van der Waals surface area contributed by atoms with E-state index in [1.165, 1.54) is 19.2 Å². The summed E-state index contributed by atoms with van der Waals surface area (Å²) in [5.41, 5.74) is 0.307. The van der Waals surface area contributed by atoms with Gasteiger partial charge in [-0.15, -0.1) is 11.6 Å². The summed E-state index contributed by atoms with van der Waals surface area (Å²) < 4.78 is 4.57. The molecule has 1 aromatic carbocycles. The van der Waals surface area contributed by atoms with Gasteiger partial charge in [0.25, 0.3) is 0 Å². The van der Waals surface area contributed by atoms with Gasteiger partial charge in [-0.3, -0.25) is 4.79 Å². The van der Waals surface area contributed by atoms with Crippen LogP contribution in [0.1, 0.15) is 32.7 Å². The summed E-state index contributed by atoms with van der Waals surface area (Å²) in [6.07, 6.45) is 0.112. The van der Waals surface area contributed by atoms with Crippen molar-refractivity contribution in [1.29, 1.82) is 5.26 Å². The minimum absolute atomic E-state index is 0.00705. The smallest absolute Gasteiger partial charge is 0.339 e. The second-order valence-corrected chi connectivity index (χ2v) is 3.57. The fraction of sp³-hybridized carbons (Fsp3) is 0.250.